The molecule has 0 aromatic heterocycles. The first kappa shape index (κ1) is 18.4. The molecule has 1 aromatic rings. The summed E-state index contributed by atoms with van der Waals surface area (Å²) in [7, 11) is 0. The smallest absolute Gasteiger partial charge is 0.407 e. The highest BCUT2D eigenvalue weighted by Crippen LogP contribution is 2.35. The summed E-state index contributed by atoms with van der Waals surface area (Å²) in [6.07, 6.45) is 0.415. The predicted octanol–water partition coefficient (Wildman–Crippen LogP) is 2.44. The van der Waals surface area contributed by atoms with Crippen LogP contribution < -0.4 is 14.8 Å². The van der Waals surface area contributed by atoms with Gasteiger partial charge in [-0.1, -0.05) is 6.07 Å². The molecule has 7 nitrogen and oxygen atoms in total. The van der Waals surface area contributed by atoms with E-state index in [4.69, 9.17) is 14.2 Å². The lowest BCUT2D eigenvalue weighted by molar-refractivity contribution is 0.0520. The van der Waals surface area contributed by atoms with Gasteiger partial charge in [0.05, 0.1) is 5.56 Å². The first-order chi connectivity index (χ1) is 12.3. The van der Waals surface area contributed by atoms with Crippen LogP contribution >= 0.6 is 0 Å². The van der Waals surface area contributed by atoms with Crippen LogP contribution in [-0.2, 0) is 4.74 Å². The van der Waals surface area contributed by atoms with E-state index in [1.54, 1.807) is 17.0 Å². The first-order valence-electron chi connectivity index (χ1n) is 8.98. The van der Waals surface area contributed by atoms with E-state index in [-0.39, 0.29) is 11.8 Å². The zero-order valence-electron chi connectivity index (χ0n) is 15.5. The molecule has 0 saturated carbocycles. The van der Waals surface area contributed by atoms with Gasteiger partial charge in [0.25, 0.3) is 5.91 Å². The van der Waals surface area contributed by atoms with E-state index in [0.717, 1.165) is 6.42 Å². The van der Waals surface area contributed by atoms with Crippen molar-refractivity contribution in [2.75, 3.05) is 32.8 Å². The van der Waals surface area contributed by atoms with Crippen molar-refractivity contribution < 1.29 is 23.8 Å². The summed E-state index contributed by atoms with van der Waals surface area (Å²) >= 11 is 0. The van der Waals surface area contributed by atoms with Gasteiger partial charge in [-0.2, -0.15) is 0 Å². The van der Waals surface area contributed by atoms with Crippen molar-refractivity contribution in [3.63, 3.8) is 0 Å². The van der Waals surface area contributed by atoms with Gasteiger partial charge in [0.2, 0.25) is 0 Å². The highest BCUT2D eigenvalue weighted by Gasteiger charge is 2.30. The second-order valence-corrected chi connectivity index (χ2v) is 7.62. The highest BCUT2D eigenvalue weighted by molar-refractivity contribution is 5.98. The summed E-state index contributed by atoms with van der Waals surface area (Å²) in [6.45, 7) is 8.17. The number of ether oxygens (including phenoxy) is 3. The van der Waals surface area contributed by atoms with Gasteiger partial charge in [-0.25, -0.2) is 4.79 Å². The number of carbonyl (C=O) groups excluding carboxylic acids is 2. The van der Waals surface area contributed by atoms with E-state index in [2.05, 4.69) is 5.32 Å². The molecule has 7 heteroatoms. The van der Waals surface area contributed by atoms with Gasteiger partial charge in [-0.3, -0.25) is 4.79 Å². The third-order valence-electron chi connectivity index (χ3n) is 4.30. The number of benzene rings is 1. The number of carbonyl (C=O) groups is 2. The minimum Gasteiger partial charge on any atom is -0.486 e. The summed E-state index contributed by atoms with van der Waals surface area (Å²) in [5.74, 6) is 1.29. The molecule has 1 unspecified atom stereocenters. The Balaban J connectivity index is 1.56. The largest absolute Gasteiger partial charge is 0.486 e. The van der Waals surface area contributed by atoms with Crippen molar-refractivity contribution in [3.05, 3.63) is 23.8 Å². The Morgan fingerprint density at radius 1 is 1.27 bits per heavy atom. The molecule has 3 rings (SSSR count). The summed E-state index contributed by atoms with van der Waals surface area (Å²) in [5.41, 5.74) is 0.0129. The topological polar surface area (TPSA) is 77.1 Å². The number of amides is 2. The Kier molecular flexibility index (Phi) is 5.25. The molecular formula is C19H26N2O5. The van der Waals surface area contributed by atoms with Crippen LogP contribution in [0.3, 0.4) is 0 Å². The zero-order chi connectivity index (χ0) is 18.7. The summed E-state index contributed by atoms with van der Waals surface area (Å²) in [6, 6.07) is 5.38. The van der Waals surface area contributed by atoms with Gasteiger partial charge in [-0.15, -0.1) is 0 Å². The molecule has 2 amide bonds. The van der Waals surface area contributed by atoms with Crippen molar-refractivity contribution in [1.82, 2.24) is 10.2 Å². The van der Waals surface area contributed by atoms with E-state index in [9.17, 15) is 9.59 Å². The monoisotopic (exact) mass is 362 g/mol. The number of nitrogens with zero attached hydrogens (tertiary/aromatic N) is 1. The number of fused-ring (bicyclic) bond motifs is 1. The van der Waals surface area contributed by atoms with Crippen LogP contribution in [0.1, 0.15) is 37.6 Å². The Morgan fingerprint density at radius 3 is 2.81 bits per heavy atom. The third kappa shape index (κ3) is 4.39. The van der Waals surface area contributed by atoms with Crippen LogP contribution in [0, 0.1) is 5.92 Å². The fourth-order valence-electron chi connectivity index (χ4n) is 3.14. The van der Waals surface area contributed by atoms with Gasteiger partial charge in [0.15, 0.2) is 11.5 Å². The molecule has 2 aliphatic rings. The molecule has 26 heavy (non-hydrogen) atoms. The minimum absolute atomic E-state index is 0.0629. The second kappa shape index (κ2) is 7.43. The van der Waals surface area contributed by atoms with Crippen molar-refractivity contribution >= 4 is 12.0 Å². The molecule has 0 bridgehead atoms. The summed E-state index contributed by atoms with van der Waals surface area (Å²) in [4.78, 5) is 26.4. The minimum atomic E-state index is -0.518. The van der Waals surface area contributed by atoms with Crippen molar-refractivity contribution in [2.45, 2.75) is 32.8 Å². The molecule has 1 saturated heterocycles. The predicted molar refractivity (Wildman–Crippen MR) is 95.7 cm³/mol. The van der Waals surface area contributed by atoms with Crippen molar-refractivity contribution in [1.29, 1.82) is 0 Å². The lowest BCUT2D eigenvalue weighted by atomic mass is 10.1. The number of likely N-dealkylation sites (tertiary alicyclic amines) is 1. The van der Waals surface area contributed by atoms with Gasteiger partial charge in [0.1, 0.15) is 18.8 Å². The van der Waals surface area contributed by atoms with Crippen molar-refractivity contribution in [2.24, 2.45) is 5.92 Å². The Labute approximate surface area is 153 Å². The molecule has 1 aromatic carbocycles. The molecule has 2 heterocycles. The van der Waals surface area contributed by atoms with E-state index in [1.165, 1.54) is 0 Å². The van der Waals surface area contributed by atoms with Crippen LogP contribution in [0.5, 0.6) is 11.5 Å². The lowest BCUT2D eigenvalue weighted by Crippen LogP contribution is -2.36. The molecule has 142 valence electrons. The van der Waals surface area contributed by atoms with Crippen LogP contribution in [0.2, 0.25) is 0 Å². The fourth-order valence-corrected chi connectivity index (χ4v) is 3.14. The van der Waals surface area contributed by atoms with Gasteiger partial charge >= 0.3 is 6.09 Å². The normalized spacial score (nSPS) is 19.2. The molecular weight excluding hydrogens is 336 g/mol. The maximum Gasteiger partial charge on any atom is 0.407 e. The third-order valence-corrected chi connectivity index (χ3v) is 4.30. The van der Waals surface area contributed by atoms with Crippen LogP contribution in [0.25, 0.3) is 0 Å². The summed E-state index contributed by atoms with van der Waals surface area (Å²) in [5, 5.41) is 2.79. The molecule has 1 fully saturated rings. The molecule has 0 aliphatic carbocycles. The van der Waals surface area contributed by atoms with Crippen LogP contribution in [0.4, 0.5) is 4.79 Å². The second-order valence-electron chi connectivity index (χ2n) is 7.62. The number of para-hydroxylation sites is 1. The number of hydrogen-bond donors (Lipinski definition) is 1. The lowest BCUT2D eigenvalue weighted by Gasteiger charge is -2.23. The maximum absolute atomic E-state index is 12.9. The van der Waals surface area contributed by atoms with E-state index in [0.29, 0.717) is 49.9 Å². The average molecular weight is 362 g/mol. The maximum atomic E-state index is 12.9. The standard InChI is InChI=1S/C19H26N2O5/c1-19(2,3)26-18(23)20-11-13-7-8-21(12-13)17(22)14-5-4-6-15-16(14)25-10-9-24-15/h4-6,13H,7-12H2,1-3H3,(H,20,23). The number of rotatable bonds is 3. The quantitative estimate of drug-likeness (QED) is 0.894. The average Bonchev–Trinajstić information content (AvgIpc) is 3.06. The first-order valence-corrected chi connectivity index (χ1v) is 8.98. The van der Waals surface area contributed by atoms with Gasteiger partial charge in [0, 0.05) is 19.6 Å². The van der Waals surface area contributed by atoms with Gasteiger partial charge < -0.3 is 24.4 Å². The molecule has 0 radical (unpaired) electrons. The molecule has 1 atom stereocenters. The molecule has 1 N–H and O–H groups in total. The van der Waals surface area contributed by atoms with Crippen molar-refractivity contribution in [3.8, 4) is 11.5 Å². The Bertz CT molecular complexity index is 683. The van der Waals surface area contributed by atoms with Gasteiger partial charge in [-0.05, 0) is 45.2 Å². The molecule has 0 spiro atoms. The summed E-state index contributed by atoms with van der Waals surface area (Å²) < 4.78 is 16.4. The van der Waals surface area contributed by atoms with E-state index in [1.807, 2.05) is 26.8 Å². The van der Waals surface area contributed by atoms with E-state index < -0.39 is 11.7 Å². The number of alkyl carbamates (subject to hydrolysis) is 1. The highest BCUT2D eigenvalue weighted by atomic mass is 16.6. The number of hydrogen-bond acceptors (Lipinski definition) is 5. The molecule has 2 aliphatic heterocycles. The Hall–Kier alpha value is -2.44. The SMILES string of the molecule is CC(C)(C)OC(=O)NCC1CCN(C(=O)c2cccc3c2OCCO3)C1. The number of nitrogens with one attached hydrogen (secondary N) is 1. The van der Waals surface area contributed by atoms with Crippen LogP contribution in [-0.4, -0.2) is 55.3 Å². The Morgan fingerprint density at radius 2 is 2.04 bits per heavy atom. The zero-order valence-corrected chi connectivity index (χ0v) is 15.5. The fraction of sp³-hybridized carbons (Fsp3) is 0.579. The van der Waals surface area contributed by atoms with E-state index >= 15 is 0 Å². The van der Waals surface area contributed by atoms with Crippen LogP contribution in [0.15, 0.2) is 18.2 Å².